The lowest BCUT2D eigenvalue weighted by Crippen LogP contribution is -2.32. The van der Waals surface area contributed by atoms with Crippen molar-refractivity contribution in [3.8, 4) is 0 Å². The molecule has 1 aliphatic heterocycles. The number of amides is 1. The molecular weight excluding hydrogens is 436 g/mol. The average molecular weight is 457 g/mol. The Balaban J connectivity index is 1.40. The summed E-state index contributed by atoms with van der Waals surface area (Å²) in [6.45, 7) is 1.32. The van der Waals surface area contributed by atoms with Crippen LogP contribution in [0.3, 0.4) is 0 Å². The van der Waals surface area contributed by atoms with E-state index in [0.29, 0.717) is 36.2 Å². The molecule has 2 heterocycles. The minimum atomic E-state index is -0.963. The van der Waals surface area contributed by atoms with E-state index in [1.807, 2.05) is 53.4 Å². The Labute approximate surface area is 188 Å². The highest BCUT2D eigenvalue weighted by molar-refractivity contribution is 7.15. The number of nitrogens with one attached hydrogen (secondary N) is 1. The summed E-state index contributed by atoms with van der Waals surface area (Å²) in [5.74, 6) is -2.72. The number of hydrogen-bond donors (Lipinski definition) is 2. The number of rotatable bonds is 7. The molecule has 0 saturated carbocycles. The summed E-state index contributed by atoms with van der Waals surface area (Å²) >= 11 is 7.29. The fourth-order valence-corrected chi connectivity index (χ4v) is 4.76. The molecule has 0 spiro atoms. The van der Waals surface area contributed by atoms with Crippen LogP contribution in [-0.2, 0) is 22.6 Å². The van der Waals surface area contributed by atoms with E-state index in [1.165, 1.54) is 11.3 Å². The van der Waals surface area contributed by atoms with Gasteiger partial charge in [-0.1, -0.05) is 65.4 Å². The Kier molecular flexibility index (Phi) is 6.60. The monoisotopic (exact) mass is 456 g/mol. The maximum Gasteiger partial charge on any atom is 0.308 e. The van der Waals surface area contributed by atoms with Gasteiger partial charge in [0, 0.05) is 31.1 Å². The number of hydrogen-bond acceptors (Lipinski definition) is 6. The summed E-state index contributed by atoms with van der Waals surface area (Å²) in [7, 11) is 0. The van der Waals surface area contributed by atoms with Gasteiger partial charge in [0.15, 0.2) is 0 Å². The minimum Gasteiger partial charge on any atom is -0.481 e. The van der Waals surface area contributed by atoms with Crippen LogP contribution in [0.4, 0.5) is 5.13 Å². The molecule has 1 aromatic heterocycles. The third-order valence-corrected chi connectivity index (χ3v) is 6.31. The number of carbonyl (C=O) groups is 2. The van der Waals surface area contributed by atoms with Gasteiger partial charge in [-0.25, -0.2) is 0 Å². The number of benzene rings is 2. The second kappa shape index (κ2) is 9.55. The zero-order chi connectivity index (χ0) is 21.8. The predicted octanol–water partition coefficient (Wildman–Crippen LogP) is 3.55. The molecule has 9 heteroatoms. The first-order valence-corrected chi connectivity index (χ1v) is 11.0. The first-order valence-electron chi connectivity index (χ1n) is 9.84. The van der Waals surface area contributed by atoms with Gasteiger partial charge in [0.05, 0.1) is 11.8 Å². The van der Waals surface area contributed by atoms with Gasteiger partial charge in [-0.15, -0.1) is 10.2 Å². The fourth-order valence-electron chi connectivity index (χ4n) is 3.77. The van der Waals surface area contributed by atoms with E-state index in [2.05, 4.69) is 15.5 Å². The van der Waals surface area contributed by atoms with E-state index < -0.39 is 17.8 Å². The molecule has 1 aliphatic rings. The lowest BCUT2D eigenvalue weighted by atomic mass is 9.95. The molecule has 1 fully saturated rings. The highest BCUT2D eigenvalue weighted by Gasteiger charge is 2.42. The van der Waals surface area contributed by atoms with E-state index in [9.17, 15) is 14.7 Å². The SMILES string of the molecule is O=C(O)C1CN(Cc2ccccc2)CC1C(=O)Nc1nnc(Cc2cccc(Cl)c2)s1. The summed E-state index contributed by atoms with van der Waals surface area (Å²) in [6, 6.07) is 17.3. The number of halogens is 1. The Bertz CT molecular complexity index is 1080. The number of carbonyl (C=O) groups excluding carboxylic acids is 1. The lowest BCUT2D eigenvalue weighted by molar-refractivity contribution is -0.144. The average Bonchev–Trinajstić information content (AvgIpc) is 3.36. The fraction of sp³-hybridized carbons (Fsp3) is 0.273. The van der Waals surface area contributed by atoms with Gasteiger partial charge in [-0.2, -0.15) is 0 Å². The summed E-state index contributed by atoms with van der Waals surface area (Å²) in [5, 5.41) is 22.3. The van der Waals surface area contributed by atoms with Crippen molar-refractivity contribution in [2.45, 2.75) is 13.0 Å². The van der Waals surface area contributed by atoms with Crippen LogP contribution in [0, 0.1) is 11.8 Å². The van der Waals surface area contributed by atoms with Crippen molar-refractivity contribution < 1.29 is 14.7 Å². The molecule has 1 saturated heterocycles. The molecule has 2 N–H and O–H groups in total. The van der Waals surface area contributed by atoms with Crippen LogP contribution < -0.4 is 5.32 Å². The quantitative estimate of drug-likeness (QED) is 0.564. The molecule has 2 atom stereocenters. The molecule has 31 heavy (non-hydrogen) atoms. The number of likely N-dealkylation sites (tertiary alicyclic amines) is 1. The van der Waals surface area contributed by atoms with Crippen LogP contribution >= 0.6 is 22.9 Å². The van der Waals surface area contributed by atoms with Crippen molar-refractivity contribution >= 4 is 39.9 Å². The van der Waals surface area contributed by atoms with E-state index in [4.69, 9.17) is 11.6 Å². The van der Waals surface area contributed by atoms with E-state index in [1.54, 1.807) is 6.07 Å². The summed E-state index contributed by atoms with van der Waals surface area (Å²) in [6.07, 6.45) is 0.556. The van der Waals surface area contributed by atoms with Crippen molar-refractivity contribution in [3.63, 3.8) is 0 Å². The van der Waals surface area contributed by atoms with Gasteiger partial charge in [0.1, 0.15) is 5.01 Å². The zero-order valence-corrected chi connectivity index (χ0v) is 18.1. The third-order valence-electron chi connectivity index (χ3n) is 5.24. The summed E-state index contributed by atoms with van der Waals surface area (Å²) in [4.78, 5) is 26.6. The highest BCUT2D eigenvalue weighted by Crippen LogP contribution is 2.28. The molecule has 0 bridgehead atoms. The molecule has 2 unspecified atom stereocenters. The van der Waals surface area contributed by atoms with Gasteiger partial charge in [0.25, 0.3) is 0 Å². The Hall–Kier alpha value is -2.81. The van der Waals surface area contributed by atoms with Gasteiger partial charge >= 0.3 is 5.97 Å². The Morgan fingerprint density at radius 1 is 1.06 bits per heavy atom. The van der Waals surface area contributed by atoms with Crippen LogP contribution in [0.2, 0.25) is 5.02 Å². The van der Waals surface area contributed by atoms with Crippen LogP contribution in [0.25, 0.3) is 0 Å². The molecule has 1 amide bonds. The standard InChI is InChI=1S/C22H21ClN4O3S/c23-16-8-4-7-15(9-16)10-19-25-26-22(31-19)24-20(28)17-12-27(13-18(17)21(29)30)11-14-5-2-1-3-6-14/h1-9,17-18H,10-13H2,(H,29,30)(H,24,26,28). The smallest absolute Gasteiger partial charge is 0.308 e. The highest BCUT2D eigenvalue weighted by atomic mass is 35.5. The zero-order valence-electron chi connectivity index (χ0n) is 16.6. The second-order valence-corrected chi connectivity index (χ2v) is 9.03. The molecule has 3 aromatic rings. The number of nitrogens with zero attached hydrogens (tertiary/aromatic N) is 3. The first kappa shape index (κ1) is 21.4. The number of anilines is 1. The first-order chi connectivity index (χ1) is 15.0. The van der Waals surface area contributed by atoms with Gasteiger partial charge in [-0.3, -0.25) is 14.5 Å². The Morgan fingerprint density at radius 2 is 1.81 bits per heavy atom. The Morgan fingerprint density at radius 3 is 2.55 bits per heavy atom. The predicted molar refractivity (Wildman–Crippen MR) is 119 cm³/mol. The van der Waals surface area contributed by atoms with E-state index in [-0.39, 0.29) is 5.91 Å². The molecule has 0 radical (unpaired) electrons. The lowest BCUT2D eigenvalue weighted by Gasteiger charge is -2.15. The van der Waals surface area contributed by atoms with E-state index >= 15 is 0 Å². The molecule has 2 aromatic carbocycles. The van der Waals surface area contributed by atoms with Gasteiger partial charge in [-0.05, 0) is 23.3 Å². The molecule has 7 nitrogen and oxygen atoms in total. The molecule has 160 valence electrons. The van der Waals surface area contributed by atoms with Gasteiger partial charge in [0.2, 0.25) is 11.0 Å². The van der Waals surface area contributed by atoms with Crippen LogP contribution in [0.5, 0.6) is 0 Å². The third kappa shape index (κ3) is 5.46. The maximum absolute atomic E-state index is 12.9. The van der Waals surface area contributed by atoms with Crippen LogP contribution in [0.15, 0.2) is 54.6 Å². The second-order valence-electron chi connectivity index (χ2n) is 7.53. The molecule has 0 aliphatic carbocycles. The number of aliphatic carboxylic acids is 1. The van der Waals surface area contributed by atoms with Crippen molar-refractivity contribution in [1.82, 2.24) is 15.1 Å². The van der Waals surface area contributed by atoms with Crippen LogP contribution in [0.1, 0.15) is 16.1 Å². The van der Waals surface area contributed by atoms with Crippen molar-refractivity contribution in [3.05, 3.63) is 75.8 Å². The van der Waals surface area contributed by atoms with Crippen molar-refractivity contribution in [1.29, 1.82) is 0 Å². The van der Waals surface area contributed by atoms with Crippen molar-refractivity contribution in [2.24, 2.45) is 11.8 Å². The number of carboxylic acid groups (broad SMARTS) is 1. The largest absolute Gasteiger partial charge is 0.481 e. The minimum absolute atomic E-state index is 0.332. The molecular formula is C22H21ClN4O3S. The van der Waals surface area contributed by atoms with Crippen molar-refractivity contribution in [2.75, 3.05) is 18.4 Å². The summed E-state index contributed by atoms with van der Waals surface area (Å²) < 4.78 is 0. The maximum atomic E-state index is 12.9. The molecule has 4 rings (SSSR count). The number of carboxylic acids is 1. The van der Waals surface area contributed by atoms with E-state index in [0.717, 1.165) is 16.1 Å². The summed E-state index contributed by atoms with van der Waals surface area (Å²) in [5.41, 5.74) is 2.09. The normalized spacial score (nSPS) is 18.7. The topological polar surface area (TPSA) is 95.4 Å². The van der Waals surface area contributed by atoms with Crippen LogP contribution in [-0.4, -0.2) is 45.2 Å². The van der Waals surface area contributed by atoms with Gasteiger partial charge < -0.3 is 10.4 Å². The number of aromatic nitrogens is 2.